The first-order chi connectivity index (χ1) is 10.8. The third kappa shape index (κ3) is 1.60. The van der Waals surface area contributed by atoms with Gasteiger partial charge in [-0.15, -0.1) is 0 Å². The zero-order valence-corrected chi connectivity index (χ0v) is 13.3. The Morgan fingerprint density at radius 2 is 2.18 bits per heavy atom. The van der Waals surface area contributed by atoms with Gasteiger partial charge >= 0.3 is 0 Å². The third-order valence-electron chi connectivity index (χ3n) is 6.47. The summed E-state index contributed by atoms with van der Waals surface area (Å²) in [6.07, 6.45) is 5.17. The molecule has 3 aliphatic heterocycles. The smallest absolute Gasteiger partial charge is 0.134 e. The Morgan fingerprint density at radius 3 is 3.05 bits per heavy atom. The predicted molar refractivity (Wildman–Crippen MR) is 86.5 cm³/mol. The number of rotatable bonds is 1. The first-order valence-corrected chi connectivity index (χ1v) is 8.61. The van der Waals surface area contributed by atoms with E-state index in [1.807, 2.05) is 6.07 Å². The molecule has 1 aromatic heterocycles. The number of furan rings is 1. The lowest BCUT2D eigenvalue weighted by Crippen LogP contribution is -2.56. The molecule has 3 heteroatoms. The van der Waals surface area contributed by atoms with E-state index >= 15 is 0 Å². The number of nitrogens with zero attached hydrogens (tertiary/aromatic N) is 1. The van der Waals surface area contributed by atoms with Gasteiger partial charge in [0.05, 0.1) is 7.11 Å². The van der Waals surface area contributed by atoms with Gasteiger partial charge in [-0.1, -0.05) is 0 Å². The van der Waals surface area contributed by atoms with E-state index in [0.29, 0.717) is 12.0 Å². The molecule has 0 radical (unpaired) electrons. The summed E-state index contributed by atoms with van der Waals surface area (Å²) in [5, 5.41) is 1.27. The molecule has 4 bridgehead atoms. The minimum Gasteiger partial charge on any atom is -0.497 e. The average molecular weight is 297 g/mol. The second-order valence-electron chi connectivity index (χ2n) is 7.28. The van der Waals surface area contributed by atoms with E-state index in [9.17, 15) is 0 Å². The van der Waals surface area contributed by atoms with E-state index in [1.54, 1.807) is 7.11 Å². The van der Waals surface area contributed by atoms with Gasteiger partial charge in [0, 0.05) is 35.5 Å². The average Bonchev–Trinajstić information content (AvgIpc) is 2.85. The first kappa shape index (κ1) is 13.0. The number of hydrogen-bond acceptors (Lipinski definition) is 3. The summed E-state index contributed by atoms with van der Waals surface area (Å²) in [7, 11) is 1.74. The van der Waals surface area contributed by atoms with Crippen LogP contribution in [0.25, 0.3) is 11.0 Å². The molecular formula is C19H23NO2. The van der Waals surface area contributed by atoms with Crippen molar-refractivity contribution in [3.05, 3.63) is 29.5 Å². The molecule has 116 valence electrons. The molecule has 5 unspecified atom stereocenters. The summed E-state index contributed by atoms with van der Waals surface area (Å²) in [6.45, 7) is 3.61. The molecule has 4 aliphatic rings. The van der Waals surface area contributed by atoms with Crippen LogP contribution < -0.4 is 4.74 Å². The fourth-order valence-electron chi connectivity index (χ4n) is 5.32. The maximum absolute atomic E-state index is 6.36. The van der Waals surface area contributed by atoms with Crippen molar-refractivity contribution in [3.63, 3.8) is 0 Å². The minimum atomic E-state index is 0.603. The highest BCUT2D eigenvalue weighted by Crippen LogP contribution is 2.51. The largest absolute Gasteiger partial charge is 0.497 e. The zero-order valence-electron chi connectivity index (χ0n) is 13.3. The molecule has 5 atom stereocenters. The van der Waals surface area contributed by atoms with Crippen LogP contribution in [0.4, 0.5) is 0 Å². The van der Waals surface area contributed by atoms with Crippen LogP contribution >= 0.6 is 0 Å². The second-order valence-corrected chi connectivity index (χ2v) is 7.28. The summed E-state index contributed by atoms with van der Waals surface area (Å²) < 4.78 is 11.8. The van der Waals surface area contributed by atoms with Crippen molar-refractivity contribution in [1.82, 2.24) is 4.90 Å². The Kier molecular flexibility index (Phi) is 2.67. The molecule has 0 spiro atoms. The van der Waals surface area contributed by atoms with Crippen molar-refractivity contribution in [2.24, 2.45) is 5.92 Å². The minimum absolute atomic E-state index is 0.603. The number of fused-ring (bicyclic) bond motifs is 4. The molecule has 3 nitrogen and oxygen atoms in total. The van der Waals surface area contributed by atoms with Gasteiger partial charge in [-0.2, -0.15) is 0 Å². The molecule has 1 aromatic carbocycles. The molecule has 2 aromatic rings. The molecule has 3 fully saturated rings. The fourth-order valence-corrected chi connectivity index (χ4v) is 5.32. The maximum atomic E-state index is 6.36. The van der Waals surface area contributed by atoms with Crippen LogP contribution in [0, 0.1) is 5.92 Å². The first-order valence-electron chi connectivity index (χ1n) is 8.61. The Morgan fingerprint density at radius 1 is 1.27 bits per heavy atom. The van der Waals surface area contributed by atoms with Crippen LogP contribution in [-0.2, 0) is 6.42 Å². The highest BCUT2D eigenvalue weighted by Gasteiger charge is 2.48. The van der Waals surface area contributed by atoms with Crippen LogP contribution in [0.2, 0.25) is 0 Å². The topological polar surface area (TPSA) is 25.6 Å². The van der Waals surface area contributed by atoms with Gasteiger partial charge in [0.25, 0.3) is 0 Å². The van der Waals surface area contributed by atoms with E-state index in [2.05, 4.69) is 24.0 Å². The molecule has 6 rings (SSSR count). The van der Waals surface area contributed by atoms with Gasteiger partial charge in [-0.25, -0.2) is 0 Å². The molecule has 0 amide bonds. The Balaban J connectivity index is 1.68. The number of hydrogen-bond donors (Lipinski definition) is 0. The number of piperidine rings is 2. The normalized spacial score (nSPS) is 36.2. The molecule has 22 heavy (non-hydrogen) atoms. The van der Waals surface area contributed by atoms with Gasteiger partial charge in [0.2, 0.25) is 0 Å². The Bertz CT molecular complexity index is 734. The van der Waals surface area contributed by atoms with Crippen LogP contribution in [0.3, 0.4) is 0 Å². The van der Waals surface area contributed by atoms with Gasteiger partial charge in [-0.05, 0) is 56.7 Å². The predicted octanol–water partition coefficient (Wildman–Crippen LogP) is 3.95. The van der Waals surface area contributed by atoms with Crippen molar-refractivity contribution in [3.8, 4) is 5.75 Å². The third-order valence-corrected chi connectivity index (χ3v) is 6.47. The van der Waals surface area contributed by atoms with Gasteiger partial charge in [0.1, 0.15) is 17.1 Å². The summed E-state index contributed by atoms with van der Waals surface area (Å²) >= 11 is 0. The summed E-state index contributed by atoms with van der Waals surface area (Å²) in [4.78, 5) is 2.77. The summed E-state index contributed by atoms with van der Waals surface area (Å²) in [6, 6.07) is 7.68. The van der Waals surface area contributed by atoms with Crippen LogP contribution in [0.1, 0.15) is 43.4 Å². The fraction of sp³-hybridized carbons (Fsp3) is 0.579. The number of methoxy groups -OCH3 is 1. The quantitative estimate of drug-likeness (QED) is 0.797. The highest BCUT2D eigenvalue weighted by atomic mass is 16.5. The van der Waals surface area contributed by atoms with E-state index in [-0.39, 0.29) is 0 Å². The van der Waals surface area contributed by atoms with E-state index < -0.39 is 0 Å². The lowest BCUT2D eigenvalue weighted by Gasteiger charge is -2.52. The lowest BCUT2D eigenvalue weighted by atomic mass is 9.68. The van der Waals surface area contributed by atoms with Crippen LogP contribution in [0.5, 0.6) is 5.75 Å². The summed E-state index contributed by atoms with van der Waals surface area (Å²) in [5.41, 5.74) is 2.48. The molecule has 1 aliphatic carbocycles. The Labute approximate surface area is 131 Å². The molecule has 1 saturated carbocycles. The van der Waals surface area contributed by atoms with Crippen LogP contribution in [0.15, 0.2) is 22.6 Å². The van der Waals surface area contributed by atoms with Crippen molar-refractivity contribution in [2.45, 2.75) is 50.6 Å². The monoisotopic (exact) mass is 297 g/mol. The van der Waals surface area contributed by atoms with E-state index in [4.69, 9.17) is 9.15 Å². The molecule has 0 N–H and O–H groups in total. The van der Waals surface area contributed by atoms with Crippen molar-refractivity contribution in [1.29, 1.82) is 0 Å². The second kappa shape index (κ2) is 4.51. The molecular weight excluding hydrogens is 274 g/mol. The van der Waals surface area contributed by atoms with Gasteiger partial charge in [0.15, 0.2) is 0 Å². The highest BCUT2D eigenvalue weighted by molar-refractivity contribution is 5.84. The SMILES string of the molecule is COc1ccc2oc3c(c2c1)CCN1C(C)C2CCC1C3C2. The maximum Gasteiger partial charge on any atom is 0.134 e. The van der Waals surface area contributed by atoms with Gasteiger partial charge in [-0.3, -0.25) is 4.90 Å². The number of ether oxygens (including phenoxy) is 1. The van der Waals surface area contributed by atoms with Crippen molar-refractivity contribution < 1.29 is 9.15 Å². The number of benzene rings is 1. The molecule has 4 heterocycles. The Hall–Kier alpha value is -1.48. The zero-order chi connectivity index (χ0) is 14.8. The molecule has 2 saturated heterocycles. The van der Waals surface area contributed by atoms with Crippen molar-refractivity contribution >= 4 is 11.0 Å². The van der Waals surface area contributed by atoms with Crippen LogP contribution in [-0.4, -0.2) is 30.6 Å². The standard InChI is InChI=1S/C19H23NO2/c1-11-12-3-5-17-16(9-12)19-14(7-8-20(11)17)15-10-13(21-2)4-6-18(15)22-19/h4,6,10-12,16-17H,3,5,7-9H2,1-2H3. The summed E-state index contributed by atoms with van der Waals surface area (Å²) in [5.74, 6) is 3.67. The van der Waals surface area contributed by atoms with Crippen molar-refractivity contribution in [2.75, 3.05) is 13.7 Å². The van der Waals surface area contributed by atoms with Gasteiger partial charge < -0.3 is 9.15 Å². The lowest BCUT2D eigenvalue weighted by molar-refractivity contribution is -0.0178. The van der Waals surface area contributed by atoms with E-state index in [0.717, 1.165) is 29.7 Å². The van der Waals surface area contributed by atoms with E-state index in [1.165, 1.54) is 42.5 Å².